The van der Waals surface area contributed by atoms with Gasteiger partial charge in [0.15, 0.2) is 5.65 Å². The Hall–Kier alpha value is -2.57. The van der Waals surface area contributed by atoms with E-state index in [0.717, 1.165) is 6.07 Å². The molecule has 0 aliphatic heterocycles. The number of nitrogens with zero attached hydrogens (tertiary/aromatic N) is 2. The zero-order valence-corrected chi connectivity index (χ0v) is 12.3. The van der Waals surface area contributed by atoms with Crippen LogP contribution in [0, 0.1) is 0 Å². The molecular formula is C16H14F3N3O. The zero-order chi connectivity index (χ0) is 16.6. The molecule has 4 nitrogen and oxygen atoms in total. The average Bonchev–Trinajstić information content (AvgIpc) is 2.83. The number of nitrogens with one attached hydrogen (secondary N) is 1. The number of alkyl halides is 3. The molecule has 0 unspecified atom stereocenters. The van der Waals surface area contributed by atoms with Crippen molar-refractivity contribution in [3.05, 3.63) is 52.4 Å². The van der Waals surface area contributed by atoms with Crippen LogP contribution in [0.1, 0.15) is 18.9 Å². The molecule has 2 aromatic heterocycles. The zero-order valence-electron chi connectivity index (χ0n) is 12.3. The van der Waals surface area contributed by atoms with Gasteiger partial charge in [-0.1, -0.05) is 37.3 Å². The van der Waals surface area contributed by atoms with Crippen molar-refractivity contribution in [1.29, 1.82) is 0 Å². The van der Waals surface area contributed by atoms with Gasteiger partial charge in [-0.2, -0.15) is 13.2 Å². The van der Waals surface area contributed by atoms with Crippen LogP contribution in [0.2, 0.25) is 0 Å². The van der Waals surface area contributed by atoms with E-state index in [4.69, 9.17) is 0 Å². The van der Waals surface area contributed by atoms with Gasteiger partial charge in [0.1, 0.15) is 0 Å². The molecule has 0 saturated heterocycles. The smallest absolute Gasteiger partial charge is 0.304 e. The summed E-state index contributed by atoms with van der Waals surface area (Å²) < 4.78 is 41.4. The second kappa shape index (κ2) is 5.57. The van der Waals surface area contributed by atoms with Crippen LogP contribution in [-0.2, 0) is 12.7 Å². The minimum absolute atomic E-state index is 0.0329. The van der Waals surface area contributed by atoms with Crippen LogP contribution in [0.25, 0.3) is 22.4 Å². The summed E-state index contributed by atoms with van der Waals surface area (Å²) in [5, 5.41) is 0. The van der Waals surface area contributed by atoms with Crippen LogP contribution in [0.4, 0.5) is 13.2 Å². The second-order valence-electron chi connectivity index (χ2n) is 5.20. The molecule has 3 rings (SSSR count). The van der Waals surface area contributed by atoms with Crippen LogP contribution in [0.15, 0.2) is 41.2 Å². The van der Waals surface area contributed by atoms with Crippen molar-refractivity contribution >= 4 is 11.2 Å². The Morgan fingerprint density at radius 3 is 2.52 bits per heavy atom. The minimum Gasteiger partial charge on any atom is -0.304 e. The summed E-state index contributed by atoms with van der Waals surface area (Å²) in [6, 6.07) is 9.57. The molecular weight excluding hydrogens is 307 g/mol. The van der Waals surface area contributed by atoms with Crippen LogP contribution < -0.4 is 5.69 Å². The molecule has 23 heavy (non-hydrogen) atoms. The van der Waals surface area contributed by atoms with E-state index in [9.17, 15) is 18.0 Å². The standard InChI is InChI=1S/C16H14F3N3O/c1-2-8-22-14-13(21-15(22)23)11(16(17,18)19)9-12(20-14)10-6-4-3-5-7-10/h3-7,9H,2,8H2,1H3,(H,21,23). The molecule has 0 radical (unpaired) electrons. The SMILES string of the molecule is CCCn1c(=O)[nH]c2c(C(F)(F)F)cc(-c3ccccc3)nc21. The minimum atomic E-state index is -4.58. The highest BCUT2D eigenvalue weighted by Gasteiger charge is 2.35. The Morgan fingerprint density at radius 2 is 1.91 bits per heavy atom. The van der Waals surface area contributed by atoms with Gasteiger partial charge in [-0.05, 0) is 12.5 Å². The monoisotopic (exact) mass is 321 g/mol. The van der Waals surface area contributed by atoms with E-state index in [0.29, 0.717) is 18.5 Å². The van der Waals surface area contributed by atoms with E-state index < -0.39 is 17.4 Å². The van der Waals surface area contributed by atoms with Gasteiger partial charge in [-0.15, -0.1) is 0 Å². The fraction of sp³-hybridized carbons (Fsp3) is 0.250. The topological polar surface area (TPSA) is 50.7 Å². The lowest BCUT2D eigenvalue weighted by molar-refractivity contribution is -0.136. The number of H-pyrrole nitrogens is 1. The molecule has 0 bridgehead atoms. The highest BCUT2D eigenvalue weighted by atomic mass is 19.4. The summed E-state index contributed by atoms with van der Waals surface area (Å²) >= 11 is 0. The van der Waals surface area contributed by atoms with Gasteiger partial charge in [-0.25, -0.2) is 9.78 Å². The highest BCUT2D eigenvalue weighted by molar-refractivity contribution is 5.80. The molecule has 2 heterocycles. The largest absolute Gasteiger partial charge is 0.418 e. The fourth-order valence-electron chi connectivity index (χ4n) is 2.53. The summed E-state index contributed by atoms with van der Waals surface area (Å²) in [5.74, 6) is 0. The predicted molar refractivity (Wildman–Crippen MR) is 81.1 cm³/mol. The third-order valence-electron chi connectivity index (χ3n) is 3.56. The Morgan fingerprint density at radius 1 is 1.22 bits per heavy atom. The number of fused-ring (bicyclic) bond motifs is 1. The Labute approximate surface area is 129 Å². The number of hydrogen-bond acceptors (Lipinski definition) is 2. The molecule has 120 valence electrons. The molecule has 0 aliphatic carbocycles. The summed E-state index contributed by atoms with van der Waals surface area (Å²) in [6.07, 6.45) is -3.96. The number of aromatic nitrogens is 3. The molecule has 0 fully saturated rings. The number of benzene rings is 1. The van der Waals surface area contributed by atoms with Gasteiger partial charge in [0.2, 0.25) is 0 Å². The van der Waals surface area contributed by atoms with Crippen molar-refractivity contribution in [2.45, 2.75) is 26.1 Å². The van der Waals surface area contributed by atoms with E-state index in [1.807, 2.05) is 6.92 Å². The molecule has 1 N–H and O–H groups in total. The Bertz CT molecular complexity index is 895. The highest BCUT2D eigenvalue weighted by Crippen LogP contribution is 2.35. The number of aryl methyl sites for hydroxylation is 1. The van der Waals surface area contributed by atoms with Gasteiger partial charge < -0.3 is 4.98 Å². The maximum Gasteiger partial charge on any atom is 0.418 e. The lowest BCUT2D eigenvalue weighted by Crippen LogP contribution is -2.16. The molecule has 3 aromatic rings. The van der Waals surface area contributed by atoms with Crippen LogP contribution in [0.5, 0.6) is 0 Å². The summed E-state index contributed by atoms with van der Waals surface area (Å²) in [4.78, 5) is 18.5. The van der Waals surface area contributed by atoms with Crippen LogP contribution in [0.3, 0.4) is 0 Å². The van der Waals surface area contributed by atoms with Gasteiger partial charge in [0, 0.05) is 12.1 Å². The first-order chi connectivity index (χ1) is 10.9. The molecule has 1 aromatic carbocycles. The van der Waals surface area contributed by atoms with Crippen molar-refractivity contribution in [2.24, 2.45) is 0 Å². The van der Waals surface area contributed by atoms with E-state index in [2.05, 4.69) is 9.97 Å². The van der Waals surface area contributed by atoms with E-state index >= 15 is 0 Å². The molecule has 0 saturated carbocycles. The van der Waals surface area contributed by atoms with Gasteiger partial charge >= 0.3 is 11.9 Å². The maximum absolute atomic E-state index is 13.4. The number of hydrogen-bond donors (Lipinski definition) is 1. The summed E-state index contributed by atoms with van der Waals surface area (Å²) in [6.45, 7) is 2.15. The number of rotatable bonds is 3. The van der Waals surface area contributed by atoms with Crippen LogP contribution in [-0.4, -0.2) is 14.5 Å². The normalized spacial score (nSPS) is 12.0. The number of halogens is 3. The molecule has 7 heteroatoms. The van der Waals surface area contributed by atoms with Crippen molar-refractivity contribution in [1.82, 2.24) is 14.5 Å². The fourth-order valence-corrected chi connectivity index (χ4v) is 2.53. The summed E-state index contributed by atoms with van der Waals surface area (Å²) in [5.41, 5.74) is -0.939. The third-order valence-corrected chi connectivity index (χ3v) is 3.56. The van der Waals surface area contributed by atoms with Crippen molar-refractivity contribution < 1.29 is 13.2 Å². The molecule has 0 atom stereocenters. The van der Waals surface area contributed by atoms with Crippen molar-refractivity contribution in [2.75, 3.05) is 0 Å². The van der Waals surface area contributed by atoms with Gasteiger partial charge in [0.05, 0.1) is 16.8 Å². The Balaban J connectivity index is 2.36. The van der Waals surface area contributed by atoms with Crippen molar-refractivity contribution in [3.63, 3.8) is 0 Å². The number of aromatic amines is 1. The van der Waals surface area contributed by atoms with Gasteiger partial charge in [0.25, 0.3) is 0 Å². The first-order valence-electron chi connectivity index (χ1n) is 7.18. The van der Waals surface area contributed by atoms with Crippen molar-refractivity contribution in [3.8, 4) is 11.3 Å². The second-order valence-corrected chi connectivity index (χ2v) is 5.20. The Kier molecular flexibility index (Phi) is 3.71. The third kappa shape index (κ3) is 2.74. The van der Waals surface area contributed by atoms with Gasteiger partial charge in [-0.3, -0.25) is 4.57 Å². The molecule has 0 spiro atoms. The van der Waals surface area contributed by atoms with E-state index in [1.54, 1.807) is 30.3 Å². The molecule has 0 amide bonds. The molecule has 0 aliphatic rings. The van der Waals surface area contributed by atoms with E-state index in [-0.39, 0.29) is 16.9 Å². The quantitative estimate of drug-likeness (QED) is 0.797. The lowest BCUT2D eigenvalue weighted by Gasteiger charge is -2.11. The first kappa shape index (κ1) is 15.3. The van der Waals surface area contributed by atoms with E-state index in [1.165, 1.54) is 4.57 Å². The van der Waals surface area contributed by atoms with Crippen LogP contribution >= 0.6 is 0 Å². The lowest BCUT2D eigenvalue weighted by atomic mass is 10.1. The number of pyridine rings is 1. The number of imidazole rings is 1. The first-order valence-corrected chi connectivity index (χ1v) is 7.18. The maximum atomic E-state index is 13.4. The summed E-state index contributed by atoms with van der Waals surface area (Å²) in [7, 11) is 0. The predicted octanol–water partition coefficient (Wildman–Crippen LogP) is 3.82. The average molecular weight is 321 g/mol.